The molecule has 0 saturated heterocycles. The molecule has 1 aromatic heterocycles. The summed E-state index contributed by atoms with van der Waals surface area (Å²) in [5.74, 6) is 0.252. The molecule has 4 heteroatoms. The summed E-state index contributed by atoms with van der Waals surface area (Å²) in [4.78, 5) is 4.44. The SMILES string of the molecule is Oc1ccc(-n2cccc2C=Nc2ccc(Cl)cc2)cc1. The lowest BCUT2D eigenvalue weighted by Gasteiger charge is -2.06. The molecule has 1 N–H and O–H groups in total. The van der Waals surface area contributed by atoms with E-state index < -0.39 is 0 Å². The van der Waals surface area contributed by atoms with Crippen LogP contribution in [0.3, 0.4) is 0 Å². The number of nitrogens with zero attached hydrogens (tertiary/aromatic N) is 2. The average molecular weight is 297 g/mol. The molecule has 0 bridgehead atoms. The number of halogens is 1. The van der Waals surface area contributed by atoms with Crippen LogP contribution in [-0.2, 0) is 0 Å². The minimum absolute atomic E-state index is 0.252. The molecule has 0 unspecified atom stereocenters. The van der Waals surface area contributed by atoms with Crippen LogP contribution in [0, 0.1) is 0 Å². The van der Waals surface area contributed by atoms with Gasteiger partial charge in [-0.1, -0.05) is 11.6 Å². The zero-order valence-electron chi connectivity index (χ0n) is 11.1. The zero-order valence-corrected chi connectivity index (χ0v) is 11.9. The predicted octanol–water partition coefficient (Wildman–Crippen LogP) is 4.59. The van der Waals surface area contributed by atoms with E-state index in [1.165, 1.54) is 0 Å². The standard InChI is InChI=1S/C17H13ClN2O/c18-13-3-5-14(6-4-13)19-12-16-2-1-11-20(16)15-7-9-17(21)10-8-15/h1-12,21H. The zero-order chi connectivity index (χ0) is 14.7. The summed E-state index contributed by atoms with van der Waals surface area (Å²) in [6.07, 6.45) is 3.76. The van der Waals surface area contributed by atoms with Gasteiger partial charge in [-0.05, 0) is 60.7 Å². The second-order valence-electron chi connectivity index (χ2n) is 4.55. The number of phenolic OH excluding ortho intramolecular Hbond substituents is 1. The number of hydrogen-bond donors (Lipinski definition) is 1. The summed E-state index contributed by atoms with van der Waals surface area (Å²) in [6.45, 7) is 0. The third-order valence-electron chi connectivity index (χ3n) is 3.08. The Balaban J connectivity index is 1.88. The van der Waals surface area contributed by atoms with Gasteiger partial charge in [0, 0.05) is 16.9 Å². The summed E-state index contributed by atoms with van der Waals surface area (Å²) in [7, 11) is 0. The number of hydrogen-bond acceptors (Lipinski definition) is 2. The lowest BCUT2D eigenvalue weighted by Crippen LogP contribution is -1.97. The molecule has 0 amide bonds. The summed E-state index contributed by atoms with van der Waals surface area (Å²) in [5, 5.41) is 10.0. The predicted molar refractivity (Wildman–Crippen MR) is 86.1 cm³/mol. The van der Waals surface area contributed by atoms with Crippen molar-refractivity contribution in [3.8, 4) is 11.4 Å². The summed E-state index contributed by atoms with van der Waals surface area (Å²) in [5.41, 5.74) is 2.77. The minimum atomic E-state index is 0.252. The third-order valence-corrected chi connectivity index (χ3v) is 3.33. The van der Waals surface area contributed by atoms with Crippen molar-refractivity contribution in [1.82, 2.24) is 4.57 Å². The number of phenols is 1. The molecule has 0 atom stereocenters. The Labute approximate surface area is 127 Å². The highest BCUT2D eigenvalue weighted by Gasteiger charge is 2.01. The van der Waals surface area contributed by atoms with Gasteiger partial charge in [0.2, 0.25) is 0 Å². The van der Waals surface area contributed by atoms with Crippen molar-refractivity contribution in [3.05, 3.63) is 77.6 Å². The van der Waals surface area contributed by atoms with E-state index in [-0.39, 0.29) is 5.75 Å². The van der Waals surface area contributed by atoms with E-state index in [1.54, 1.807) is 18.3 Å². The van der Waals surface area contributed by atoms with Crippen LogP contribution in [0.5, 0.6) is 5.75 Å². The highest BCUT2D eigenvalue weighted by atomic mass is 35.5. The average Bonchev–Trinajstić information content (AvgIpc) is 2.96. The molecule has 3 nitrogen and oxygen atoms in total. The van der Waals surface area contributed by atoms with Crippen LogP contribution in [0.15, 0.2) is 71.9 Å². The normalized spacial score (nSPS) is 11.1. The van der Waals surface area contributed by atoms with E-state index in [2.05, 4.69) is 4.99 Å². The molecule has 3 rings (SSSR count). The molecule has 0 aliphatic carbocycles. The van der Waals surface area contributed by atoms with Crippen molar-refractivity contribution in [2.45, 2.75) is 0 Å². The second kappa shape index (κ2) is 5.85. The monoisotopic (exact) mass is 296 g/mol. The van der Waals surface area contributed by atoms with Crippen LogP contribution in [0.1, 0.15) is 5.69 Å². The van der Waals surface area contributed by atoms with E-state index in [4.69, 9.17) is 11.6 Å². The molecule has 0 spiro atoms. The Bertz CT molecular complexity index is 758. The van der Waals surface area contributed by atoms with E-state index in [0.29, 0.717) is 5.02 Å². The first-order valence-corrected chi connectivity index (χ1v) is 6.86. The molecular formula is C17H13ClN2O. The molecule has 1 heterocycles. The van der Waals surface area contributed by atoms with Crippen LogP contribution in [0.2, 0.25) is 5.02 Å². The highest BCUT2D eigenvalue weighted by Crippen LogP contribution is 2.18. The largest absolute Gasteiger partial charge is 0.508 e. The summed E-state index contributed by atoms with van der Waals surface area (Å²) >= 11 is 5.85. The number of aliphatic imine (C=N–C) groups is 1. The number of aromatic nitrogens is 1. The number of rotatable bonds is 3. The second-order valence-corrected chi connectivity index (χ2v) is 4.99. The third kappa shape index (κ3) is 3.15. The van der Waals surface area contributed by atoms with Gasteiger partial charge >= 0.3 is 0 Å². The Morgan fingerprint density at radius 2 is 1.67 bits per heavy atom. The Kier molecular flexibility index (Phi) is 3.75. The maximum absolute atomic E-state index is 9.35. The van der Waals surface area contributed by atoms with Gasteiger partial charge in [-0.3, -0.25) is 4.99 Å². The van der Waals surface area contributed by atoms with Gasteiger partial charge < -0.3 is 9.67 Å². The molecule has 0 saturated carbocycles. The van der Waals surface area contributed by atoms with E-state index in [9.17, 15) is 5.11 Å². The van der Waals surface area contributed by atoms with Gasteiger partial charge in [0.05, 0.1) is 17.6 Å². The minimum Gasteiger partial charge on any atom is -0.508 e. The van der Waals surface area contributed by atoms with E-state index in [0.717, 1.165) is 17.1 Å². The Morgan fingerprint density at radius 3 is 2.38 bits per heavy atom. The number of benzene rings is 2. The highest BCUT2D eigenvalue weighted by molar-refractivity contribution is 6.30. The molecule has 0 aliphatic heterocycles. The maximum atomic E-state index is 9.35. The van der Waals surface area contributed by atoms with Crippen molar-refractivity contribution >= 4 is 23.5 Å². The molecule has 3 aromatic rings. The molecular weight excluding hydrogens is 284 g/mol. The van der Waals surface area contributed by atoms with Gasteiger partial charge in [0.1, 0.15) is 5.75 Å². The molecule has 104 valence electrons. The summed E-state index contributed by atoms with van der Waals surface area (Å²) in [6, 6.07) is 18.3. The van der Waals surface area contributed by atoms with E-state index in [1.807, 2.05) is 59.3 Å². The van der Waals surface area contributed by atoms with Crippen LogP contribution in [0.25, 0.3) is 5.69 Å². The van der Waals surface area contributed by atoms with Crippen LogP contribution in [0.4, 0.5) is 5.69 Å². The lowest BCUT2D eigenvalue weighted by molar-refractivity contribution is 0.475. The molecule has 21 heavy (non-hydrogen) atoms. The number of aromatic hydroxyl groups is 1. The Hall–Kier alpha value is -2.52. The van der Waals surface area contributed by atoms with Crippen LogP contribution >= 0.6 is 11.6 Å². The topological polar surface area (TPSA) is 37.5 Å². The lowest BCUT2D eigenvalue weighted by atomic mass is 10.3. The van der Waals surface area contributed by atoms with Crippen molar-refractivity contribution in [1.29, 1.82) is 0 Å². The van der Waals surface area contributed by atoms with Crippen molar-refractivity contribution in [3.63, 3.8) is 0 Å². The van der Waals surface area contributed by atoms with E-state index >= 15 is 0 Å². The van der Waals surface area contributed by atoms with Crippen LogP contribution in [-0.4, -0.2) is 15.9 Å². The fourth-order valence-electron chi connectivity index (χ4n) is 2.02. The van der Waals surface area contributed by atoms with Gasteiger partial charge in [0.15, 0.2) is 0 Å². The maximum Gasteiger partial charge on any atom is 0.115 e. The summed E-state index contributed by atoms with van der Waals surface area (Å²) < 4.78 is 2.00. The first kappa shape index (κ1) is 13.5. The quantitative estimate of drug-likeness (QED) is 0.705. The van der Waals surface area contributed by atoms with Gasteiger partial charge in [-0.25, -0.2) is 0 Å². The molecule has 0 aliphatic rings. The molecule has 2 aromatic carbocycles. The molecule has 0 fully saturated rings. The van der Waals surface area contributed by atoms with Crippen molar-refractivity contribution in [2.75, 3.05) is 0 Å². The molecule has 0 radical (unpaired) electrons. The van der Waals surface area contributed by atoms with Crippen molar-refractivity contribution in [2.24, 2.45) is 4.99 Å². The smallest absolute Gasteiger partial charge is 0.115 e. The van der Waals surface area contributed by atoms with Gasteiger partial charge in [-0.2, -0.15) is 0 Å². The van der Waals surface area contributed by atoms with Gasteiger partial charge in [0.25, 0.3) is 0 Å². The first-order chi connectivity index (χ1) is 10.2. The fraction of sp³-hybridized carbons (Fsp3) is 0. The first-order valence-electron chi connectivity index (χ1n) is 6.49. The fourth-order valence-corrected chi connectivity index (χ4v) is 2.14. The van der Waals surface area contributed by atoms with Gasteiger partial charge in [-0.15, -0.1) is 0 Å². The van der Waals surface area contributed by atoms with Crippen LogP contribution < -0.4 is 0 Å². The van der Waals surface area contributed by atoms with Crippen molar-refractivity contribution < 1.29 is 5.11 Å². The Morgan fingerprint density at radius 1 is 0.952 bits per heavy atom.